The molecule has 1 N–H and O–H groups in total. The van der Waals surface area contributed by atoms with E-state index in [4.69, 9.17) is 14.2 Å². The summed E-state index contributed by atoms with van der Waals surface area (Å²) in [4.78, 5) is 28.3. The van der Waals surface area contributed by atoms with E-state index in [2.05, 4.69) is 10.3 Å². The second-order valence-electron chi connectivity index (χ2n) is 6.25. The van der Waals surface area contributed by atoms with Crippen LogP contribution in [0.2, 0.25) is 0 Å². The fourth-order valence-corrected chi connectivity index (χ4v) is 2.76. The summed E-state index contributed by atoms with van der Waals surface area (Å²) < 4.78 is 16.1. The molecular formula is C19H26N2O5. The maximum absolute atomic E-state index is 12.6. The molecule has 7 heteroatoms. The van der Waals surface area contributed by atoms with Crippen LogP contribution in [-0.4, -0.2) is 43.6 Å². The molecule has 2 atom stereocenters. The molecule has 0 aromatic heterocycles. The first-order valence-electron chi connectivity index (χ1n) is 8.79. The Morgan fingerprint density at radius 1 is 1.23 bits per heavy atom. The summed E-state index contributed by atoms with van der Waals surface area (Å²) in [7, 11) is 0. The highest BCUT2D eigenvalue weighted by Crippen LogP contribution is 2.29. The van der Waals surface area contributed by atoms with Crippen LogP contribution in [0.1, 0.15) is 39.3 Å². The third-order valence-electron chi connectivity index (χ3n) is 3.92. The van der Waals surface area contributed by atoms with Gasteiger partial charge in [-0.2, -0.15) is 0 Å². The van der Waals surface area contributed by atoms with Crippen molar-refractivity contribution in [3.63, 3.8) is 0 Å². The number of hydrogen-bond acceptors (Lipinski definition) is 5. The first-order chi connectivity index (χ1) is 12.4. The van der Waals surface area contributed by atoms with Crippen molar-refractivity contribution in [2.45, 2.75) is 39.8 Å². The summed E-state index contributed by atoms with van der Waals surface area (Å²) in [6, 6.07) is 6.28. The predicted octanol–water partition coefficient (Wildman–Crippen LogP) is 2.89. The van der Waals surface area contributed by atoms with Crippen molar-refractivity contribution >= 4 is 17.7 Å². The maximum atomic E-state index is 12.6. The Morgan fingerprint density at radius 3 is 2.54 bits per heavy atom. The second-order valence-corrected chi connectivity index (χ2v) is 6.25. The molecule has 26 heavy (non-hydrogen) atoms. The van der Waals surface area contributed by atoms with Gasteiger partial charge in [0.2, 0.25) is 0 Å². The SMILES string of the molecule is CCOc1ccc(C2NC(=O)N=C(C)C2C(=O)OCCOC(C)C)cc1. The van der Waals surface area contributed by atoms with E-state index in [0.717, 1.165) is 11.3 Å². The van der Waals surface area contributed by atoms with Crippen molar-refractivity contribution in [3.8, 4) is 5.75 Å². The van der Waals surface area contributed by atoms with Crippen molar-refractivity contribution in [3.05, 3.63) is 29.8 Å². The van der Waals surface area contributed by atoms with Crippen LogP contribution in [0.3, 0.4) is 0 Å². The molecule has 0 saturated heterocycles. The van der Waals surface area contributed by atoms with Gasteiger partial charge >= 0.3 is 12.0 Å². The van der Waals surface area contributed by atoms with Gasteiger partial charge in [-0.1, -0.05) is 12.1 Å². The number of amides is 2. The Kier molecular flexibility index (Phi) is 7.15. The molecule has 1 aromatic rings. The average molecular weight is 362 g/mol. The molecule has 1 heterocycles. The Labute approximate surface area is 153 Å². The number of nitrogens with one attached hydrogen (secondary N) is 1. The molecule has 1 aliphatic heterocycles. The number of esters is 1. The zero-order chi connectivity index (χ0) is 19.1. The molecule has 1 aromatic carbocycles. The van der Waals surface area contributed by atoms with E-state index in [-0.39, 0.29) is 12.7 Å². The molecule has 142 valence electrons. The molecule has 0 fully saturated rings. The number of aliphatic imine (C=N–C) groups is 1. The summed E-state index contributed by atoms with van der Waals surface area (Å²) in [5.41, 5.74) is 1.22. The lowest BCUT2D eigenvalue weighted by molar-refractivity contribution is -0.149. The van der Waals surface area contributed by atoms with Crippen molar-refractivity contribution in [2.75, 3.05) is 19.8 Å². The van der Waals surface area contributed by atoms with Crippen LogP contribution in [0.5, 0.6) is 5.75 Å². The molecule has 0 spiro atoms. The summed E-state index contributed by atoms with van der Waals surface area (Å²) in [5, 5.41) is 2.75. The Bertz CT molecular complexity index is 654. The van der Waals surface area contributed by atoms with Crippen LogP contribution < -0.4 is 10.1 Å². The van der Waals surface area contributed by atoms with Crippen LogP contribution in [0.4, 0.5) is 4.79 Å². The van der Waals surface area contributed by atoms with E-state index in [1.54, 1.807) is 6.92 Å². The molecule has 2 rings (SSSR count). The number of hydrogen-bond donors (Lipinski definition) is 1. The summed E-state index contributed by atoms with van der Waals surface area (Å²) in [6.45, 7) is 8.45. The maximum Gasteiger partial charge on any atom is 0.341 e. The summed E-state index contributed by atoms with van der Waals surface area (Å²) in [5.74, 6) is -0.379. The smallest absolute Gasteiger partial charge is 0.341 e. The van der Waals surface area contributed by atoms with Gasteiger partial charge in [0, 0.05) is 5.71 Å². The summed E-state index contributed by atoms with van der Waals surface area (Å²) in [6.07, 6.45) is 0.0718. The number of urea groups is 1. The fourth-order valence-electron chi connectivity index (χ4n) is 2.76. The van der Waals surface area contributed by atoms with E-state index in [1.165, 1.54) is 0 Å². The second kappa shape index (κ2) is 9.33. The van der Waals surface area contributed by atoms with Crippen molar-refractivity contribution in [1.29, 1.82) is 0 Å². The van der Waals surface area contributed by atoms with Gasteiger partial charge in [-0.3, -0.25) is 4.79 Å². The average Bonchev–Trinajstić information content (AvgIpc) is 2.58. The Morgan fingerprint density at radius 2 is 1.92 bits per heavy atom. The lowest BCUT2D eigenvalue weighted by atomic mass is 9.88. The molecule has 1 aliphatic rings. The van der Waals surface area contributed by atoms with E-state index in [9.17, 15) is 9.59 Å². The lowest BCUT2D eigenvalue weighted by Crippen LogP contribution is -2.44. The topological polar surface area (TPSA) is 86.2 Å². The molecule has 2 unspecified atom stereocenters. The quantitative estimate of drug-likeness (QED) is 0.568. The van der Waals surface area contributed by atoms with Crippen molar-refractivity contribution in [1.82, 2.24) is 5.32 Å². The first-order valence-corrected chi connectivity index (χ1v) is 8.79. The molecule has 2 amide bonds. The van der Waals surface area contributed by atoms with Gasteiger partial charge in [0.25, 0.3) is 0 Å². The minimum atomic E-state index is -0.676. The Balaban J connectivity index is 2.12. The lowest BCUT2D eigenvalue weighted by Gasteiger charge is -2.29. The van der Waals surface area contributed by atoms with Gasteiger partial charge in [0.05, 0.1) is 25.4 Å². The molecule has 0 aliphatic carbocycles. The minimum Gasteiger partial charge on any atom is -0.494 e. The Hall–Kier alpha value is -2.41. The van der Waals surface area contributed by atoms with Gasteiger partial charge in [-0.25, -0.2) is 9.79 Å². The fraction of sp³-hybridized carbons (Fsp3) is 0.526. The first kappa shape index (κ1) is 19.9. The molecule has 7 nitrogen and oxygen atoms in total. The molecular weight excluding hydrogens is 336 g/mol. The number of carbonyl (C=O) groups excluding carboxylic acids is 2. The van der Waals surface area contributed by atoms with Crippen LogP contribution in [-0.2, 0) is 14.3 Å². The van der Waals surface area contributed by atoms with E-state index in [1.807, 2.05) is 45.0 Å². The zero-order valence-electron chi connectivity index (χ0n) is 15.7. The third kappa shape index (κ3) is 5.29. The predicted molar refractivity (Wildman–Crippen MR) is 97.5 cm³/mol. The van der Waals surface area contributed by atoms with Gasteiger partial charge < -0.3 is 19.5 Å². The highest BCUT2D eigenvalue weighted by atomic mass is 16.6. The van der Waals surface area contributed by atoms with E-state index >= 15 is 0 Å². The van der Waals surface area contributed by atoms with Gasteiger partial charge in [0.15, 0.2) is 0 Å². The number of rotatable bonds is 8. The summed E-state index contributed by atoms with van der Waals surface area (Å²) >= 11 is 0. The highest BCUT2D eigenvalue weighted by Gasteiger charge is 2.37. The third-order valence-corrected chi connectivity index (χ3v) is 3.92. The molecule has 0 radical (unpaired) electrons. The zero-order valence-corrected chi connectivity index (χ0v) is 15.7. The van der Waals surface area contributed by atoms with Crippen LogP contribution in [0, 0.1) is 5.92 Å². The monoisotopic (exact) mass is 362 g/mol. The van der Waals surface area contributed by atoms with Crippen molar-refractivity contribution < 1.29 is 23.8 Å². The largest absolute Gasteiger partial charge is 0.494 e. The van der Waals surface area contributed by atoms with Gasteiger partial charge in [-0.15, -0.1) is 0 Å². The van der Waals surface area contributed by atoms with Crippen LogP contribution in [0.25, 0.3) is 0 Å². The van der Waals surface area contributed by atoms with Gasteiger partial charge in [-0.05, 0) is 45.4 Å². The molecule has 0 saturated carbocycles. The van der Waals surface area contributed by atoms with Crippen LogP contribution >= 0.6 is 0 Å². The van der Waals surface area contributed by atoms with Crippen LogP contribution in [0.15, 0.2) is 29.3 Å². The van der Waals surface area contributed by atoms with Gasteiger partial charge in [0.1, 0.15) is 18.3 Å². The van der Waals surface area contributed by atoms with Crippen molar-refractivity contribution in [2.24, 2.45) is 10.9 Å². The number of ether oxygens (including phenoxy) is 3. The van der Waals surface area contributed by atoms with E-state index in [0.29, 0.717) is 18.9 Å². The standard InChI is InChI=1S/C19H26N2O5/c1-5-24-15-8-6-14(7-9-15)17-16(13(4)20-19(23)21-17)18(22)26-11-10-25-12(2)3/h6-9,12,16-17H,5,10-11H2,1-4H3,(H,21,23). The minimum absolute atomic E-state index is 0.0718. The molecule has 0 bridgehead atoms. The number of nitrogens with zero attached hydrogens (tertiary/aromatic N) is 1. The number of carbonyl (C=O) groups is 2. The highest BCUT2D eigenvalue weighted by molar-refractivity contribution is 6.08. The van der Waals surface area contributed by atoms with E-state index < -0.39 is 24.0 Å². The number of benzene rings is 1. The normalized spacial score (nSPS) is 19.7.